The molecule has 29 heavy (non-hydrogen) atoms. The largest absolute Gasteiger partial charge is 0.378 e. The van der Waals surface area contributed by atoms with Gasteiger partial charge < -0.3 is 9.30 Å². The van der Waals surface area contributed by atoms with Crippen LogP contribution in [0.2, 0.25) is 0 Å². The number of sulfonamides is 1. The lowest BCUT2D eigenvalue weighted by molar-refractivity contribution is 0.0168. The third-order valence-electron chi connectivity index (χ3n) is 5.66. The Kier molecular flexibility index (Phi) is 7.27. The molecule has 158 valence electrons. The van der Waals surface area contributed by atoms with E-state index in [2.05, 4.69) is 29.0 Å². The van der Waals surface area contributed by atoms with E-state index in [1.165, 1.54) is 10.1 Å². The second kappa shape index (κ2) is 9.69. The summed E-state index contributed by atoms with van der Waals surface area (Å²) in [6.45, 7) is 0.472. The zero-order chi connectivity index (χ0) is 20.9. The SMILES string of the molecule is Cn1cccc([C@H](CNS(C)(=O)=O)COC2CCC(c3ccccc3)CC2)c1=O. The van der Waals surface area contributed by atoms with Crippen LogP contribution in [0.3, 0.4) is 0 Å². The molecular formula is C22H30N2O4S. The third-order valence-corrected chi connectivity index (χ3v) is 6.35. The molecule has 1 saturated carbocycles. The van der Waals surface area contributed by atoms with E-state index in [1.807, 2.05) is 6.07 Å². The number of aryl methyl sites for hydroxylation is 1. The summed E-state index contributed by atoms with van der Waals surface area (Å²) in [6.07, 6.45) is 7.06. The van der Waals surface area contributed by atoms with Crippen molar-refractivity contribution in [3.05, 3.63) is 70.1 Å². The smallest absolute Gasteiger partial charge is 0.253 e. The van der Waals surface area contributed by atoms with Crippen LogP contribution in [-0.4, -0.2) is 38.5 Å². The summed E-state index contributed by atoms with van der Waals surface area (Å²) in [5.74, 6) is 0.247. The van der Waals surface area contributed by atoms with Crippen molar-refractivity contribution in [3.63, 3.8) is 0 Å². The van der Waals surface area contributed by atoms with E-state index < -0.39 is 10.0 Å². The van der Waals surface area contributed by atoms with Crippen molar-refractivity contribution in [3.8, 4) is 0 Å². The molecule has 2 aromatic rings. The Morgan fingerprint density at radius 2 is 1.79 bits per heavy atom. The summed E-state index contributed by atoms with van der Waals surface area (Å²) < 4.78 is 33.3. The van der Waals surface area contributed by atoms with E-state index >= 15 is 0 Å². The number of pyridine rings is 1. The van der Waals surface area contributed by atoms with Crippen molar-refractivity contribution in [2.75, 3.05) is 19.4 Å². The van der Waals surface area contributed by atoms with Crippen LogP contribution in [0.25, 0.3) is 0 Å². The van der Waals surface area contributed by atoms with Gasteiger partial charge in [0.05, 0.1) is 19.0 Å². The minimum atomic E-state index is -3.35. The van der Waals surface area contributed by atoms with Gasteiger partial charge in [0.2, 0.25) is 10.0 Å². The van der Waals surface area contributed by atoms with Crippen molar-refractivity contribution in [1.29, 1.82) is 0 Å². The highest BCUT2D eigenvalue weighted by Crippen LogP contribution is 2.34. The molecule has 0 radical (unpaired) electrons. The Morgan fingerprint density at radius 1 is 1.10 bits per heavy atom. The van der Waals surface area contributed by atoms with Gasteiger partial charge in [0.15, 0.2) is 0 Å². The lowest BCUT2D eigenvalue weighted by atomic mass is 9.83. The van der Waals surface area contributed by atoms with Crippen LogP contribution >= 0.6 is 0 Å². The minimum absolute atomic E-state index is 0.121. The van der Waals surface area contributed by atoms with Crippen molar-refractivity contribution >= 4 is 10.0 Å². The van der Waals surface area contributed by atoms with Crippen LogP contribution in [-0.2, 0) is 21.8 Å². The van der Waals surface area contributed by atoms with Crippen molar-refractivity contribution in [2.45, 2.75) is 43.6 Å². The fourth-order valence-corrected chi connectivity index (χ4v) is 4.48. The third kappa shape index (κ3) is 6.26. The van der Waals surface area contributed by atoms with E-state index in [0.29, 0.717) is 18.1 Å². The van der Waals surface area contributed by atoms with E-state index in [4.69, 9.17) is 4.74 Å². The Bertz CT molecular complexity index is 948. The van der Waals surface area contributed by atoms with E-state index in [0.717, 1.165) is 31.9 Å². The van der Waals surface area contributed by atoms with Crippen LogP contribution in [0, 0.1) is 0 Å². The number of benzene rings is 1. The second-order valence-electron chi connectivity index (χ2n) is 7.91. The molecule has 0 saturated heterocycles. The molecule has 3 rings (SSSR count). The minimum Gasteiger partial charge on any atom is -0.378 e. The average Bonchev–Trinajstić information content (AvgIpc) is 2.71. The summed E-state index contributed by atoms with van der Waals surface area (Å²) in [6, 6.07) is 14.1. The predicted octanol–water partition coefficient (Wildman–Crippen LogP) is 2.76. The topological polar surface area (TPSA) is 77.4 Å². The number of hydrogen-bond donors (Lipinski definition) is 1. The van der Waals surface area contributed by atoms with E-state index in [1.54, 1.807) is 25.4 Å². The standard InChI is InChI=1S/C22H30N2O4S/c1-24-14-6-9-21(22(24)25)19(15-23-29(2,26)27)16-28-20-12-10-18(11-13-20)17-7-4-3-5-8-17/h3-9,14,18-20,23H,10-13,15-16H2,1-2H3/t18?,19-,20?/m1/s1. The maximum atomic E-state index is 12.5. The number of nitrogens with one attached hydrogen (secondary N) is 1. The average molecular weight is 419 g/mol. The number of ether oxygens (including phenoxy) is 1. The summed E-state index contributed by atoms with van der Waals surface area (Å²) >= 11 is 0. The van der Waals surface area contributed by atoms with Crippen molar-refractivity contribution < 1.29 is 13.2 Å². The molecule has 0 aliphatic heterocycles. The normalized spacial score (nSPS) is 21.0. The fourth-order valence-electron chi connectivity index (χ4n) is 3.98. The monoisotopic (exact) mass is 418 g/mol. The molecule has 7 heteroatoms. The first-order valence-electron chi connectivity index (χ1n) is 10.1. The van der Waals surface area contributed by atoms with Gasteiger partial charge in [-0.05, 0) is 43.2 Å². The lowest BCUT2D eigenvalue weighted by Crippen LogP contribution is -2.34. The Hall–Kier alpha value is -1.96. The van der Waals surface area contributed by atoms with Gasteiger partial charge >= 0.3 is 0 Å². The van der Waals surface area contributed by atoms with Crippen LogP contribution in [0.15, 0.2) is 53.5 Å². The molecule has 0 unspecified atom stereocenters. The summed E-state index contributed by atoms with van der Waals surface area (Å²) in [5.41, 5.74) is 1.84. The first-order valence-corrected chi connectivity index (χ1v) is 12.0. The molecule has 1 N–H and O–H groups in total. The van der Waals surface area contributed by atoms with Crippen LogP contribution in [0.1, 0.15) is 48.6 Å². The maximum Gasteiger partial charge on any atom is 0.253 e. The fraction of sp³-hybridized carbons (Fsp3) is 0.500. The van der Waals surface area contributed by atoms with Gasteiger partial charge in [-0.3, -0.25) is 4.79 Å². The van der Waals surface area contributed by atoms with Crippen LogP contribution in [0.5, 0.6) is 0 Å². The molecule has 1 aromatic heterocycles. The highest BCUT2D eigenvalue weighted by Gasteiger charge is 2.25. The maximum absolute atomic E-state index is 12.5. The van der Waals surface area contributed by atoms with Crippen LogP contribution in [0.4, 0.5) is 0 Å². The molecule has 0 amide bonds. The highest BCUT2D eigenvalue weighted by molar-refractivity contribution is 7.88. The summed E-state index contributed by atoms with van der Waals surface area (Å²) in [4.78, 5) is 12.5. The van der Waals surface area contributed by atoms with E-state index in [9.17, 15) is 13.2 Å². The second-order valence-corrected chi connectivity index (χ2v) is 9.75. The molecule has 6 nitrogen and oxygen atoms in total. The lowest BCUT2D eigenvalue weighted by Gasteiger charge is -2.30. The van der Waals surface area contributed by atoms with Crippen LogP contribution < -0.4 is 10.3 Å². The van der Waals surface area contributed by atoms with Crippen molar-refractivity contribution in [1.82, 2.24) is 9.29 Å². The van der Waals surface area contributed by atoms with Gasteiger partial charge in [0, 0.05) is 31.3 Å². The molecule has 1 aliphatic carbocycles. The summed E-state index contributed by atoms with van der Waals surface area (Å²) in [5, 5.41) is 0. The predicted molar refractivity (Wildman–Crippen MR) is 115 cm³/mol. The Labute approximate surface area is 173 Å². The molecule has 1 aromatic carbocycles. The van der Waals surface area contributed by atoms with Gasteiger partial charge in [0.1, 0.15) is 0 Å². The number of hydrogen-bond acceptors (Lipinski definition) is 4. The molecule has 0 bridgehead atoms. The van der Waals surface area contributed by atoms with Gasteiger partial charge in [0.25, 0.3) is 5.56 Å². The summed E-state index contributed by atoms with van der Waals surface area (Å²) in [7, 11) is -1.65. The zero-order valence-corrected chi connectivity index (χ0v) is 17.9. The van der Waals surface area contributed by atoms with Gasteiger partial charge in [-0.15, -0.1) is 0 Å². The quantitative estimate of drug-likeness (QED) is 0.715. The molecular weight excluding hydrogens is 388 g/mol. The Balaban J connectivity index is 1.61. The first kappa shape index (κ1) is 21.7. The van der Waals surface area contributed by atoms with Gasteiger partial charge in [-0.1, -0.05) is 36.4 Å². The van der Waals surface area contributed by atoms with Gasteiger partial charge in [-0.2, -0.15) is 0 Å². The van der Waals surface area contributed by atoms with E-state index in [-0.39, 0.29) is 24.1 Å². The first-order chi connectivity index (χ1) is 13.8. The molecule has 1 atom stereocenters. The molecule has 1 heterocycles. The molecule has 1 fully saturated rings. The molecule has 0 spiro atoms. The number of rotatable bonds is 8. The number of aromatic nitrogens is 1. The molecule has 1 aliphatic rings. The zero-order valence-electron chi connectivity index (χ0n) is 17.1. The van der Waals surface area contributed by atoms with Crippen molar-refractivity contribution in [2.24, 2.45) is 7.05 Å². The highest BCUT2D eigenvalue weighted by atomic mass is 32.2. The Morgan fingerprint density at radius 3 is 2.45 bits per heavy atom. The van der Waals surface area contributed by atoms with Gasteiger partial charge in [-0.25, -0.2) is 13.1 Å². The number of nitrogens with zero attached hydrogens (tertiary/aromatic N) is 1.